The fourth-order valence-corrected chi connectivity index (χ4v) is 0.804. The van der Waals surface area contributed by atoms with Gasteiger partial charge in [-0.3, -0.25) is 4.79 Å². The summed E-state index contributed by atoms with van der Waals surface area (Å²) in [7, 11) is 0. The first-order valence-electron chi connectivity index (χ1n) is 3.25. The maximum absolute atomic E-state index is 11.0. The predicted octanol–water partition coefficient (Wildman–Crippen LogP) is 1.03. The number of hydrogen-bond acceptors (Lipinski definition) is 4. The largest absolute Gasteiger partial charge is 0.507 e. The second-order valence-electron chi connectivity index (χ2n) is 2.13. The molecule has 0 aliphatic heterocycles. The summed E-state index contributed by atoms with van der Waals surface area (Å²) < 4.78 is 0. The van der Waals surface area contributed by atoms with Crippen LogP contribution in [0.15, 0.2) is 29.4 Å². The summed E-state index contributed by atoms with van der Waals surface area (Å²) in [5.74, 6) is -0.655. The maximum Gasteiger partial charge on any atom is 0.211 e. The van der Waals surface area contributed by atoms with Crippen molar-refractivity contribution in [2.24, 2.45) is 5.16 Å². The van der Waals surface area contributed by atoms with Gasteiger partial charge < -0.3 is 10.3 Å². The summed E-state index contributed by atoms with van der Waals surface area (Å²) in [5, 5.41) is 19.8. The van der Waals surface area contributed by atoms with Gasteiger partial charge in [0.05, 0.1) is 5.56 Å². The highest BCUT2D eigenvalue weighted by atomic mass is 16.4. The Bertz CT molecular complexity index is 320. The molecule has 2 N–H and O–H groups in total. The summed E-state index contributed by atoms with van der Waals surface area (Å²) in [4.78, 5) is 11.0. The monoisotopic (exact) mass is 165 g/mol. The number of benzene rings is 1. The van der Waals surface area contributed by atoms with Crippen LogP contribution in [0.3, 0.4) is 0 Å². The topological polar surface area (TPSA) is 69.9 Å². The number of ketones is 1. The van der Waals surface area contributed by atoms with Gasteiger partial charge in [-0.25, -0.2) is 0 Å². The van der Waals surface area contributed by atoms with Crippen LogP contribution >= 0.6 is 0 Å². The Balaban J connectivity index is 3.03. The van der Waals surface area contributed by atoms with Crippen molar-refractivity contribution in [3.63, 3.8) is 0 Å². The Morgan fingerprint density at radius 3 is 2.67 bits per heavy atom. The van der Waals surface area contributed by atoms with E-state index in [2.05, 4.69) is 5.16 Å². The molecule has 12 heavy (non-hydrogen) atoms. The predicted molar refractivity (Wildman–Crippen MR) is 42.7 cm³/mol. The van der Waals surface area contributed by atoms with Crippen molar-refractivity contribution < 1.29 is 15.1 Å². The highest BCUT2D eigenvalue weighted by Crippen LogP contribution is 2.14. The van der Waals surface area contributed by atoms with E-state index in [9.17, 15) is 4.79 Å². The van der Waals surface area contributed by atoms with Crippen LogP contribution in [0.4, 0.5) is 0 Å². The van der Waals surface area contributed by atoms with Gasteiger partial charge >= 0.3 is 0 Å². The number of carbonyl (C=O) groups is 1. The van der Waals surface area contributed by atoms with Gasteiger partial charge in [0.25, 0.3) is 0 Å². The highest BCUT2D eigenvalue weighted by Gasteiger charge is 2.06. The van der Waals surface area contributed by atoms with Crippen molar-refractivity contribution in [2.45, 2.75) is 0 Å². The molecular weight excluding hydrogens is 158 g/mol. The molecule has 1 aromatic carbocycles. The molecule has 62 valence electrons. The zero-order valence-electron chi connectivity index (χ0n) is 6.14. The third-order valence-electron chi connectivity index (χ3n) is 1.34. The molecule has 0 unspecified atom stereocenters. The van der Waals surface area contributed by atoms with Crippen LogP contribution in [0.5, 0.6) is 5.75 Å². The van der Waals surface area contributed by atoms with Crippen LogP contribution in [-0.2, 0) is 0 Å². The third-order valence-corrected chi connectivity index (χ3v) is 1.34. The fraction of sp³-hybridized carbons (Fsp3) is 0. The van der Waals surface area contributed by atoms with Gasteiger partial charge in [0.1, 0.15) is 12.0 Å². The Morgan fingerprint density at radius 1 is 1.42 bits per heavy atom. The van der Waals surface area contributed by atoms with E-state index in [-0.39, 0.29) is 11.3 Å². The Labute approximate surface area is 68.8 Å². The second kappa shape index (κ2) is 3.52. The van der Waals surface area contributed by atoms with Crippen molar-refractivity contribution in [3.05, 3.63) is 29.8 Å². The van der Waals surface area contributed by atoms with Gasteiger partial charge in [-0.15, -0.1) is 0 Å². The summed E-state index contributed by atoms with van der Waals surface area (Å²) >= 11 is 0. The second-order valence-corrected chi connectivity index (χ2v) is 2.13. The van der Waals surface area contributed by atoms with Crippen LogP contribution < -0.4 is 0 Å². The summed E-state index contributed by atoms with van der Waals surface area (Å²) in [6.45, 7) is 0. The lowest BCUT2D eigenvalue weighted by Gasteiger charge is -1.96. The molecule has 0 aliphatic rings. The van der Waals surface area contributed by atoms with Gasteiger partial charge in [0.2, 0.25) is 5.78 Å². The smallest absolute Gasteiger partial charge is 0.211 e. The quantitative estimate of drug-likeness (QED) is 0.297. The number of phenols is 1. The molecule has 0 atom stereocenters. The summed E-state index contributed by atoms with van der Waals surface area (Å²) in [5.41, 5.74) is 0.121. The Hall–Kier alpha value is -1.84. The minimum atomic E-state index is -0.532. The van der Waals surface area contributed by atoms with Crippen LogP contribution in [-0.4, -0.2) is 22.3 Å². The third kappa shape index (κ3) is 1.60. The summed E-state index contributed by atoms with van der Waals surface area (Å²) in [6, 6.07) is 6.04. The number of aromatic hydroxyl groups is 1. The minimum absolute atomic E-state index is 0.121. The van der Waals surface area contributed by atoms with E-state index in [1.807, 2.05) is 0 Å². The van der Waals surface area contributed by atoms with Crippen molar-refractivity contribution in [1.29, 1.82) is 0 Å². The lowest BCUT2D eigenvalue weighted by atomic mass is 10.1. The normalized spacial score (nSPS) is 10.3. The van der Waals surface area contributed by atoms with E-state index < -0.39 is 5.78 Å². The molecule has 0 bridgehead atoms. The van der Waals surface area contributed by atoms with Gasteiger partial charge in [0, 0.05) is 0 Å². The number of rotatable bonds is 2. The molecule has 0 heterocycles. The van der Waals surface area contributed by atoms with E-state index in [1.165, 1.54) is 12.1 Å². The van der Waals surface area contributed by atoms with Crippen LogP contribution in [0.1, 0.15) is 10.4 Å². The zero-order valence-corrected chi connectivity index (χ0v) is 6.14. The molecule has 0 spiro atoms. The van der Waals surface area contributed by atoms with Gasteiger partial charge in [0.15, 0.2) is 0 Å². The number of phenolic OH excluding ortho intramolecular Hbond substituents is 1. The SMILES string of the molecule is O=C(/C=N/O)c1ccccc1O. The number of Topliss-reactive ketones (excluding diaryl/α,β-unsaturated/α-hetero) is 1. The van der Waals surface area contributed by atoms with E-state index in [0.29, 0.717) is 0 Å². The lowest BCUT2D eigenvalue weighted by Crippen LogP contribution is -1.99. The number of carbonyl (C=O) groups excluding carboxylic acids is 1. The van der Waals surface area contributed by atoms with Gasteiger partial charge in [-0.05, 0) is 12.1 Å². The van der Waals surface area contributed by atoms with Crippen LogP contribution in [0.2, 0.25) is 0 Å². The van der Waals surface area contributed by atoms with Crippen molar-refractivity contribution in [2.75, 3.05) is 0 Å². The average Bonchev–Trinajstić information content (AvgIpc) is 2.05. The number of oxime groups is 1. The zero-order chi connectivity index (χ0) is 8.97. The van der Waals surface area contributed by atoms with E-state index in [0.717, 1.165) is 6.21 Å². The first kappa shape index (κ1) is 8.26. The molecule has 1 aromatic rings. The first-order valence-corrected chi connectivity index (χ1v) is 3.25. The lowest BCUT2D eigenvalue weighted by molar-refractivity contribution is 0.106. The molecule has 0 aliphatic carbocycles. The molecule has 0 fully saturated rings. The van der Waals surface area contributed by atoms with E-state index >= 15 is 0 Å². The first-order chi connectivity index (χ1) is 5.75. The number of nitrogens with zero attached hydrogens (tertiary/aromatic N) is 1. The summed E-state index contributed by atoms with van der Waals surface area (Å²) in [6.07, 6.45) is 0.731. The molecule has 0 saturated heterocycles. The molecule has 0 amide bonds. The minimum Gasteiger partial charge on any atom is -0.507 e. The molecular formula is C8H7NO3. The van der Waals surface area contributed by atoms with Crippen molar-refractivity contribution in [3.8, 4) is 5.75 Å². The molecule has 0 saturated carbocycles. The number of hydrogen-bond donors (Lipinski definition) is 2. The van der Waals surface area contributed by atoms with Crippen molar-refractivity contribution in [1.82, 2.24) is 0 Å². The maximum atomic E-state index is 11.0. The Kier molecular flexibility index (Phi) is 2.42. The molecule has 1 rings (SSSR count). The highest BCUT2D eigenvalue weighted by molar-refractivity contribution is 6.35. The van der Waals surface area contributed by atoms with Gasteiger partial charge in [-0.2, -0.15) is 0 Å². The van der Waals surface area contributed by atoms with E-state index in [1.54, 1.807) is 12.1 Å². The molecule has 0 radical (unpaired) electrons. The van der Waals surface area contributed by atoms with Gasteiger partial charge in [-0.1, -0.05) is 17.3 Å². The fourth-order valence-electron chi connectivity index (χ4n) is 0.804. The van der Waals surface area contributed by atoms with E-state index in [4.69, 9.17) is 10.3 Å². The van der Waals surface area contributed by atoms with Crippen LogP contribution in [0, 0.1) is 0 Å². The standard InChI is InChI=1S/C8H7NO3/c10-7-4-2-1-3-6(7)8(11)5-9-12/h1-5,10,12H/b9-5+. The molecule has 0 aromatic heterocycles. The van der Waals surface area contributed by atoms with Crippen LogP contribution in [0.25, 0.3) is 0 Å². The average molecular weight is 165 g/mol. The molecule has 4 nitrogen and oxygen atoms in total. The Morgan fingerprint density at radius 2 is 2.08 bits per heavy atom. The molecule has 4 heteroatoms. The number of para-hydroxylation sites is 1. The van der Waals surface area contributed by atoms with Crippen molar-refractivity contribution >= 4 is 12.0 Å².